The van der Waals surface area contributed by atoms with Crippen LogP contribution in [0, 0.1) is 5.41 Å². The molecule has 4 atom stereocenters. The molecule has 3 N–H and O–H groups in total. The van der Waals surface area contributed by atoms with Crippen LogP contribution in [-0.2, 0) is 15.8 Å². The molecule has 1 saturated heterocycles. The van der Waals surface area contributed by atoms with Crippen LogP contribution in [0.3, 0.4) is 0 Å². The number of amides is 2. The lowest BCUT2D eigenvalue weighted by atomic mass is 9.68. The van der Waals surface area contributed by atoms with Crippen molar-refractivity contribution in [1.29, 1.82) is 0 Å². The summed E-state index contributed by atoms with van der Waals surface area (Å²) < 4.78 is 38.9. The van der Waals surface area contributed by atoms with E-state index >= 15 is 0 Å². The molecule has 3 rings (SSSR count). The smallest absolute Gasteiger partial charge is 0.416 e. The third kappa shape index (κ3) is 5.54. The maximum Gasteiger partial charge on any atom is 0.416 e. The summed E-state index contributed by atoms with van der Waals surface area (Å²) in [5.41, 5.74) is -2.49. The zero-order valence-corrected chi connectivity index (χ0v) is 19.8. The lowest BCUT2D eigenvalue weighted by molar-refractivity contribution is -0.158. The molecule has 1 aliphatic carbocycles. The number of carbonyl (C=O) groups is 3. The summed E-state index contributed by atoms with van der Waals surface area (Å²) in [6.45, 7) is 7.96. The molecule has 2 amide bonds. The quantitative estimate of drug-likeness (QED) is 0.596. The largest absolute Gasteiger partial charge is 0.481 e. The van der Waals surface area contributed by atoms with E-state index < -0.39 is 47.0 Å². The lowest BCUT2D eigenvalue weighted by Gasteiger charge is -2.47. The van der Waals surface area contributed by atoms with Gasteiger partial charge in [-0.15, -0.1) is 0 Å². The minimum absolute atomic E-state index is 0.00790. The molecule has 188 valence electrons. The fourth-order valence-corrected chi connectivity index (χ4v) is 5.12. The molecule has 2 fully saturated rings. The van der Waals surface area contributed by atoms with Gasteiger partial charge in [-0.3, -0.25) is 14.4 Å². The molecular weight excluding hydrogens is 451 g/mol. The van der Waals surface area contributed by atoms with Crippen LogP contribution in [0.4, 0.5) is 13.2 Å². The number of rotatable bonds is 5. The first-order chi connectivity index (χ1) is 15.6. The Bertz CT molecular complexity index is 960. The second-order valence-corrected chi connectivity index (χ2v) is 10.5. The van der Waals surface area contributed by atoms with Crippen LogP contribution in [0.5, 0.6) is 0 Å². The van der Waals surface area contributed by atoms with Crippen molar-refractivity contribution in [2.45, 2.75) is 83.2 Å². The van der Waals surface area contributed by atoms with E-state index in [1.807, 2.05) is 20.8 Å². The predicted molar refractivity (Wildman–Crippen MR) is 119 cm³/mol. The van der Waals surface area contributed by atoms with Gasteiger partial charge in [0.05, 0.1) is 11.0 Å². The van der Waals surface area contributed by atoms with Gasteiger partial charge in [-0.25, -0.2) is 0 Å². The Morgan fingerprint density at radius 3 is 2.41 bits per heavy atom. The number of hydrogen-bond acceptors (Lipinski definition) is 4. The second-order valence-electron chi connectivity index (χ2n) is 10.5. The molecule has 1 aromatic rings. The summed E-state index contributed by atoms with van der Waals surface area (Å²) in [5, 5.41) is 16.0. The molecule has 1 aliphatic heterocycles. The number of likely N-dealkylation sites (tertiary alicyclic amines) is 1. The van der Waals surface area contributed by atoms with E-state index in [1.165, 1.54) is 11.0 Å². The van der Waals surface area contributed by atoms with Gasteiger partial charge in [0.15, 0.2) is 0 Å². The van der Waals surface area contributed by atoms with E-state index in [-0.39, 0.29) is 30.1 Å². The summed E-state index contributed by atoms with van der Waals surface area (Å²) in [6.07, 6.45) is -2.76. The first-order valence-electron chi connectivity index (χ1n) is 11.4. The maximum absolute atomic E-state index is 13.1. The van der Waals surface area contributed by atoms with Crippen LogP contribution in [0.2, 0.25) is 0 Å². The van der Waals surface area contributed by atoms with Crippen molar-refractivity contribution >= 4 is 17.8 Å². The van der Waals surface area contributed by atoms with E-state index in [2.05, 4.69) is 10.6 Å². The molecule has 0 unspecified atom stereocenters. The highest BCUT2D eigenvalue weighted by atomic mass is 19.4. The molecular formula is C24H32F3N3O4. The number of nitrogens with one attached hydrogen (secondary N) is 2. The zero-order valence-electron chi connectivity index (χ0n) is 19.8. The van der Waals surface area contributed by atoms with Crippen molar-refractivity contribution in [3.05, 3.63) is 35.4 Å². The first-order valence-corrected chi connectivity index (χ1v) is 11.4. The third-order valence-electron chi connectivity index (χ3n) is 6.69. The number of halogens is 3. The normalized spacial score (nSPS) is 28.1. The highest BCUT2D eigenvalue weighted by molar-refractivity contribution is 5.98. The number of carboxylic acid groups (broad SMARTS) is 1. The number of benzene rings is 1. The van der Waals surface area contributed by atoms with Gasteiger partial charge in [-0.05, 0) is 71.6 Å². The van der Waals surface area contributed by atoms with Gasteiger partial charge in [-0.1, -0.05) is 6.07 Å². The van der Waals surface area contributed by atoms with Gasteiger partial charge in [0.1, 0.15) is 6.04 Å². The Labute approximate surface area is 197 Å². The molecule has 1 aromatic carbocycles. The number of carboxylic acids is 1. The maximum atomic E-state index is 13.1. The number of nitrogens with zero attached hydrogens (tertiary/aromatic N) is 1. The summed E-state index contributed by atoms with van der Waals surface area (Å²) >= 11 is 0. The summed E-state index contributed by atoms with van der Waals surface area (Å²) in [7, 11) is 0. The summed E-state index contributed by atoms with van der Waals surface area (Å²) in [5.74, 6) is -2.16. The van der Waals surface area contributed by atoms with E-state index in [0.29, 0.717) is 19.3 Å². The topological polar surface area (TPSA) is 98.7 Å². The van der Waals surface area contributed by atoms with E-state index in [1.54, 1.807) is 6.92 Å². The van der Waals surface area contributed by atoms with Crippen LogP contribution in [0.1, 0.15) is 69.3 Å². The van der Waals surface area contributed by atoms with Crippen molar-refractivity contribution < 1.29 is 32.7 Å². The highest BCUT2D eigenvalue weighted by Gasteiger charge is 2.52. The standard InChI is InChI=1S/C24H32F3N3O4/c1-22(2,3)29-16-8-9-18(23(4,13-16)21(33)34)30-11-10-17(20(30)32)28-19(31)14-6-5-7-15(12-14)24(25,26)27/h5-7,12,16-18,29H,8-11,13H2,1-4H3,(H,28,31)(H,33,34)/t16-,17-,18-,23+/m0/s1. The van der Waals surface area contributed by atoms with E-state index in [0.717, 1.165) is 18.2 Å². The minimum atomic E-state index is -4.59. The Morgan fingerprint density at radius 2 is 1.82 bits per heavy atom. The van der Waals surface area contributed by atoms with Crippen molar-refractivity contribution in [2.75, 3.05) is 6.54 Å². The Kier molecular flexibility index (Phi) is 7.04. The Hall–Kier alpha value is -2.62. The number of hydrogen-bond donors (Lipinski definition) is 3. The molecule has 0 spiro atoms. The second kappa shape index (κ2) is 9.20. The highest BCUT2D eigenvalue weighted by Crippen LogP contribution is 2.41. The Morgan fingerprint density at radius 1 is 1.15 bits per heavy atom. The molecule has 2 aliphatic rings. The number of alkyl halides is 3. The van der Waals surface area contributed by atoms with Crippen molar-refractivity contribution in [3.63, 3.8) is 0 Å². The minimum Gasteiger partial charge on any atom is -0.481 e. The van der Waals surface area contributed by atoms with Crippen molar-refractivity contribution in [1.82, 2.24) is 15.5 Å². The van der Waals surface area contributed by atoms with Crippen LogP contribution in [0.25, 0.3) is 0 Å². The first kappa shape index (κ1) is 26.0. The van der Waals surface area contributed by atoms with Crippen LogP contribution in [0.15, 0.2) is 24.3 Å². The summed E-state index contributed by atoms with van der Waals surface area (Å²) in [6, 6.07) is 2.56. The fraction of sp³-hybridized carbons (Fsp3) is 0.625. The predicted octanol–water partition coefficient (Wildman–Crippen LogP) is 3.44. The third-order valence-corrected chi connectivity index (χ3v) is 6.69. The molecule has 34 heavy (non-hydrogen) atoms. The van der Waals surface area contributed by atoms with E-state index in [4.69, 9.17) is 0 Å². The molecule has 0 radical (unpaired) electrons. The van der Waals surface area contributed by atoms with Crippen molar-refractivity contribution in [3.8, 4) is 0 Å². The van der Waals surface area contributed by atoms with Gasteiger partial charge in [0, 0.05) is 29.7 Å². The Balaban J connectivity index is 1.72. The molecule has 1 saturated carbocycles. The monoisotopic (exact) mass is 483 g/mol. The van der Waals surface area contributed by atoms with Crippen LogP contribution in [-0.4, -0.2) is 58.0 Å². The van der Waals surface area contributed by atoms with Gasteiger partial charge in [0.2, 0.25) is 5.91 Å². The van der Waals surface area contributed by atoms with Gasteiger partial charge in [-0.2, -0.15) is 13.2 Å². The van der Waals surface area contributed by atoms with Crippen LogP contribution < -0.4 is 10.6 Å². The lowest BCUT2D eigenvalue weighted by Crippen LogP contribution is -2.59. The molecule has 0 aromatic heterocycles. The average Bonchev–Trinajstić information content (AvgIpc) is 3.06. The van der Waals surface area contributed by atoms with Crippen molar-refractivity contribution in [2.24, 2.45) is 5.41 Å². The van der Waals surface area contributed by atoms with Gasteiger partial charge >= 0.3 is 12.1 Å². The van der Waals surface area contributed by atoms with Gasteiger partial charge < -0.3 is 20.6 Å². The molecule has 1 heterocycles. The number of carbonyl (C=O) groups excluding carboxylic acids is 2. The summed E-state index contributed by atoms with van der Waals surface area (Å²) in [4.78, 5) is 39.5. The van der Waals surface area contributed by atoms with Crippen LogP contribution >= 0.6 is 0 Å². The fourth-order valence-electron chi connectivity index (χ4n) is 5.12. The average molecular weight is 484 g/mol. The van der Waals surface area contributed by atoms with Gasteiger partial charge in [0.25, 0.3) is 5.91 Å². The zero-order chi connectivity index (χ0) is 25.5. The molecule has 7 nitrogen and oxygen atoms in total. The number of aliphatic carboxylic acids is 1. The molecule has 0 bridgehead atoms. The SMILES string of the molecule is CC(C)(C)N[C@H]1CC[C@H](N2CC[C@H](NC(=O)c3cccc(C(F)(F)F)c3)C2=O)[C@](C)(C(=O)O)C1. The molecule has 10 heteroatoms. The van der Waals surface area contributed by atoms with E-state index in [9.17, 15) is 32.7 Å².